The Morgan fingerprint density at radius 2 is 1.76 bits per heavy atom. The fraction of sp³-hybridized carbons (Fsp3) is 0.684. The molecule has 0 amide bonds. The number of rotatable bonds is 9. The molecule has 0 heterocycles. The van der Waals surface area contributed by atoms with Gasteiger partial charge in [-0.2, -0.15) is 0 Å². The summed E-state index contributed by atoms with van der Waals surface area (Å²) in [6.07, 6.45) is 3.46. The quantitative estimate of drug-likeness (QED) is 0.673. The number of hydrogen-bond donors (Lipinski definition) is 1. The first-order valence-electron chi connectivity index (χ1n) is 8.28. The Morgan fingerprint density at radius 1 is 1.10 bits per heavy atom. The summed E-state index contributed by atoms with van der Waals surface area (Å²) in [6.45, 7) is 13.8. The zero-order valence-electron chi connectivity index (χ0n) is 14.5. The average molecular weight is 291 g/mol. The van der Waals surface area contributed by atoms with Crippen molar-refractivity contribution in [2.45, 2.75) is 66.0 Å². The van der Waals surface area contributed by atoms with E-state index in [1.54, 1.807) is 0 Å². The third-order valence-electron chi connectivity index (χ3n) is 3.50. The van der Waals surface area contributed by atoms with Crippen molar-refractivity contribution < 1.29 is 4.74 Å². The Labute approximate surface area is 131 Å². The van der Waals surface area contributed by atoms with Gasteiger partial charge >= 0.3 is 0 Å². The van der Waals surface area contributed by atoms with Gasteiger partial charge in [0.2, 0.25) is 0 Å². The zero-order valence-corrected chi connectivity index (χ0v) is 14.5. The van der Waals surface area contributed by atoms with Crippen molar-refractivity contribution in [1.82, 2.24) is 5.32 Å². The van der Waals surface area contributed by atoms with Crippen LogP contribution in [-0.4, -0.2) is 18.7 Å². The van der Waals surface area contributed by atoms with E-state index in [0.29, 0.717) is 0 Å². The molecule has 0 unspecified atom stereocenters. The SMILES string of the molecule is CC(C)CCCOCc1ccccc1CCNC(C)(C)C. The lowest BCUT2D eigenvalue weighted by Crippen LogP contribution is -2.37. The monoisotopic (exact) mass is 291 g/mol. The fourth-order valence-corrected chi connectivity index (χ4v) is 2.29. The first kappa shape index (κ1) is 18.2. The molecule has 1 N–H and O–H groups in total. The van der Waals surface area contributed by atoms with Crippen molar-refractivity contribution in [3.05, 3.63) is 35.4 Å². The van der Waals surface area contributed by atoms with Gasteiger partial charge in [-0.3, -0.25) is 0 Å². The molecule has 0 radical (unpaired) electrons. The van der Waals surface area contributed by atoms with E-state index in [0.717, 1.165) is 38.5 Å². The summed E-state index contributed by atoms with van der Waals surface area (Å²) in [5, 5.41) is 3.55. The van der Waals surface area contributed by atoms with E-state index in [1.165, 1.54) is 17.5 Å². The van der Waals surface area contributed by atoms with Gasteiger partial charge in [-0.15, -0.1) is 0 Å². The molecule has 0 saturated heterocycles. The summed E-state index contributed by atoms with van der Waals surface area (Å²) >= 11 is 0. The van der Waals surface area contributed by atoms with E-state index >= 15 is 0 Å². The van der Waals surface area contributed by atoms with E-state index < -0.39 is 0 Å². The van der Waals surface area contributed by atoms with E-state index in [1.807, 2.05) is 0 Å². The Balaban J connectivity index is 2.36. The molecule has 21 heavy (non-hydrogen) atoms. The lowest BCUT2D eigenvalue weighted by molar-refractivity contribution is 0.114. The van der Waals surface area contributed by atoms with Crippen molar-refractivity contribution in [2.75, 3.05) is 13.2 Å². The molecule has 120 valence electrons. The molecule has 0 aliphatic heterocycles. The maximum absolute atomic E-state index is 5.84. The summed E-state index contributed by atoms with van der Waals surface area (Å²) in [6, 6.07) is 8.63. The molecule has 2 heteroatoms. The second kappa shape index (κ2) is 9.22. The van der Waals surface area contributed by atoms with Crippen LogP contribution < -0.4 is 5.32 Å². The van der Waals surface area contributed by atoms with Gasteiger partial charge in [0.15, 0.2) is 0 Å². The van der Waals surface area contributed by atoms with E-state index in [-0.39, 0.29) is 5.54 Å². The van der Waals surface area contributed by atoms with Crippen LogP contribution in [0.2, 0.25) is 0 Å². The zero-order chi connectivity index (χ0) is 15.7. The van der Waals surface area contributed by atoms with Crippen molar-refractivity contribution in [3.8, 4) is 0 Å². The third kappa shape index (κ3) is 8.90. The van der Waals surface area contributed by atoms with Gasteiger partial charge in [0.1, 0.15) is 0 Å². The van der Waals surface area contributed by atoms with Crippen LogP contribution in [0.4, 0.5) is 0 Å². The van der Waals surface area contributed by atoms with Gasteiger partial charge in [0.05, 0.1) is 6.61 Å². The summed E-state index contributed by atoms with van der Waals surface area (Å²) in [7, 11) is 0. The number of ether oxygens (including phenoxy) is 1. The Morgan fingerprint density at radius 3 is 2.38 bits per heavy atom. The summed E-state index contributed by atoms with van der Waals surface area (Å²) in [4.78, 5) is 0. The van der Waals surface area contributed by atoms with Gasteiger partial charge < -0.3 is 10.1 Å². The topological polar surface area (TPSA) is 21.3 Å². The summed E-state index contributed by atoms with van der Waals surface area (Å²) < 4.78 is 5.84. The number of nitrogens with one attached hydrogen (secondary N) is 1. The molecule has 1 rings (SSSR count). The highest BCUT2D eigenvalue weighted by Crippen LogP contribution is 2.12. The van der Waals surface area contributed by atoms with Crippen LogP contribution in [0.15, 0.2) is 24.3 Å². The molecular formula is C19H33NO. The number of hydrogen-bond acceptors (Lipinski definition) is 2. The molecule has 0 aliphatic carbocycles. The first-order valence-corrected chi connectivity index (χ1v) is 8.28. The maximum atomic E-state index is 5.84. The molecule has 0 saturated carbocycles. The average Bonchev–Trinajstić information content (AvgIpc) is 2.38. The second-order valence-electron chi connectivity index (χ2n) is 7.28. The summed E-state index contributed by atoms with van der Waals surface area (Å²) in [5.41, 5.74) is 2.92. The highest BCUT2D eigenvalue weighted by molar-refractivity contribution is 5.26. The Kier molecular flexibility index (Phi) is 7.98. The van der Waals surface area contributed by atoms with Crippen molar-refractivity contribution >= 4 is 0 Å². The molecule has 1 aromatic rings. The molecule has 0 aromatic heterocycles. The van der Waals surface area contributed by atoms with Crippen LogP contribution in [0, 0.1) is 5.92 Å². The van der Waals surface area contributed by atoms with E-state index in [2.05, 4.69) is 64.2 Å². The molecule has 0 atom stereocenters. The second-order valence-corrected chi connectivity index (χ2v) is 7.28. The molecular weight excluding hydrogens is 258 g/mol. The minimum absolute atomic E-state index is 0.183. The lowest BCUT2D eigenvalue weighted by Gasteiger charge is -2.21. The van der Waals surface area contributed by atoms with Crippen molar-refractivity contribution in [3.63, 3.8) is 0 Å². The van der Waals surface area contributed by atoms with Crippen LogP contribution >= 0.6 is 0 Å². The Hall–Kier alpha value is -0.860. The number of benzene rings is 1. The molecule has 0 aliphatic rings. The maximum Gasteiger partial charge on any atom is 0.0719 e. The molecule has 2 nitrogen and oxygen atoms in total. The molecule has 0 bridgehead atoms. The minimum atomic E-state index is 0.183. The van der Waals surface area contributed by atoms with E-state index in [4.69, 9.17) is 4.74 Å². The van der Waals surface area contributed by atoms with E-state index in [9.17, 15) is 0 Å². The predicted octanol–water partition coefficient (Wildman–Crippen LogP) is 4.57. The largest absolute Gasteiger partial charge is 0.377 e. The third-order valence-corrected chi connectivity index (χ3v) is 3.50. The minimum Gasteiger partial charge on any atom is -0.377 e. The molecule has 0 spiro atoms. The van der Waals surface area contributed by atoms with Crippen molar-refractivity contribution in [2.24, 2.45) is 5.92 Å². The van der Waals surface area contributed by atoms with Crippen LogP contribution in [0.25, 0.3) is 0 Å². The highest BCUT2D eigenvalue weighted by Gasteiger charge is 2.09. The van der Waals surface area contributed by atoms with Gasteiger partial charge in [0.25, 0.3) is 0 Å². The fourth-order valence-electron chi connectivity index (χ4n) is 2.29. The smallest absolute Gasteiger partial charge is 0.0719 e. The Bertz CT molecular complexity index is 393. The van der Waals surface area contributed by atoms with Crippen LogP contribution in [-0.2, 0) is 17.8 Å². The first-order chi connectivity index (χ1) is 9.88. The van der Waals surface area contributed by atoms with Gasteiger partial charge in [-0.25, -0.2) is 0 Å². The standard InChI is InChI=1S/C19H33NO/c1-16(2)9-8-14-21-15-18-11-7-6-10-17(18)12-13-20-19(3,4)5/h6-7,10-11,16,20H,8-9,12-15H2,1-5H3. The molecule has 0 fully saturated rings. The van der Waals surface area contributed by atoms with Crippen LogP contribution in [0.1, 0.15) is 58.6 Å². The van der Waals surface area contributed by atoms with Gasteiger partial charge in [0, 0.05) is 12.1 Å². The lowest BCUT2D eigenvalue weighted by atomic mass is 10.0. The van der Waals surface area contributed by atoms with Crippen LogP contribution in [0.5, 0.6) is 0 Å². The van der Waals surface area contributed by atoms with Gasteiger partial charge in [-0.05, 0) is 63.6 Å². The van der Waals surface area contributed by atoms with Gasteiger partial charge in [-0.1, -0.05) is 38.1 Å². The highest BCUT2D eigenvalue weighted by atomic mass is 16.5. The molecule has 1 aromatic carbocycles. The normalized spacial score (nSPS) is 12.1. The summed E-state index contributed by atoms with van der Waals surface area (Å²) in [5.74, 6) is 0.768. The van der Waals surface area contributed by atoms with Crippen LogP contribution in [0.3, 0.4) is 0 Å². The van der Waals surface area contributed by atoms with Crippen molar-refractivity contribution in [1.29, 1.82) is 0 Å². The predicted molar refractivity (Wildman–Crippen MR) is 91.6 cm³/mol.